The highest BCUT2D eigenvalue weighted by Gasteiger charge is 2.41. The van der Waals surface area contributed by atoms with Gasteiger partial charge in [0, 0.05) is 51.2 Å². The molecule has 0 saturated carbocycles. The summed E-state index contributed by atoms with van der Waals surface area (Å²) in [5.74, 6) is 0.724. The summed E-state index contributed by atoms with van der Waals surface area (Å²) in [5, 5.41) is 0. The molecular weight excluding hydrogens is 406 g/mol. The number of piperazine rings is 1. The number of carbonyl (C=O) groups excluding carboxylic acids is 1. The number of rotatable bonds is 7. The molecule has 2 aliphatic heterocycles. The van der Waals surface area contributed by atoms with Crippen molar-refractivity contribution in [2.24, 2.45) is 0 Å². The number of carbonyl (C=O) groups is 1. The molecule has 0 aliphatic carbocycles. The number of amides is 1. The van der Waals surface area contributed by atoms with Crippen LogP contribution in [-0.2, 0) is 10.0 Å². The Balaban J connectivity index is 1.26. The van der Waals surface area contributed by atoms with Gasteiger partial charge in [0.2, 0.25) is 5.95 Å². The topological polar surface area (TPSA) is 95.9 Å². The van der Waals surface area contributed by atoms with Gasteiger partial charge in [-0.3, -0.25) is 9.69 Å². The van der Waals surface area contributed by atoms with E-state index >= 15 is 0 Å². The molecule has 3 heterocycles. The van der Waals surface area contributed by atoms with Crippen LogP contribution in [0.3, 0.4) is 0 Å². The van der Waals surface area contributed by atoms with Gasteiger partial charge in [-0.25, -0.2) is 22.7 Å². The monoisotopic (exact) mass is 431 g/mol. The second kappa shape index (κ2) is 8.57. The summed E-state index contributed by atoms with van der Waals surface area (Å²) < 4.78 is 31.6. The van der Waals surface area contributed by atoms with Crippen LogP contribution in [0.5, 0.6) is 5.75 Å². The fourth-order valence-corrected chi connectivity index (χ4v) is 5.44. The lowest BCUT2D eigenvalue weighted by Gasteiger charge is -2.34. The van der Waals surface area contributed by atoms with Gasteiger partial charge >= 0.3 is 0 Å². The fraction of sp³-hybridized carbons (Fsp3) is 0.450. The first-order chi connectivity index (χ1) is 14.5. The summed E-state index contributed by atoms with van der Waals surface area (Å²) in [7, 11) is -2.33. The molecule has 0 atom stereocenters. The highest BCUT2D eigenvalue weighted by atomic mass is 32.2. The Morgan fingerprint density at radius 1 is 1.03 bits per heavy atom. The SMILES string of the molecule is COc1ccc2c(c1)S(=O)(=O)N(CCCCN1CCN(c3ncccn3)CC1)C2=O. The number of fused-ring (bicyclic) bond motifs is 1. The number of hydrogen-bond acceptors (Lipinski definition) is 8. The third-order valence-electron chi connectivity index (χ3n) is 5.51. The smallest absolute Gasteiger partial charge is 0.269 e. The molecule has 1 fully saturated rings. The summed E-state index contributed by atoms with van der Waals surface area (Å²) in [4.78, 5) is 25.7. The molecule has 4 rings (SSSR count). The summed E-state index contributed by atoms with van der Waals surface area (Å²) in [6, 6.07) is 6.35. The number of hydrogen-bond donors (Lipinski definition) is 0. The minimum atomic E-state index is -3.80. The number of methoxy groups -OCH3 is 1. The summed E-state index contributed by atoms with van der Waals surface area (Å²) >= 11 is 0. The Hall–Kier alpha value is -2.72. The van der Waals surface area contributed by atoms with Gasteiger partial charge in [0.25, 0.3) is 15.9 Å². The van der Waals surface area contributed by atoms with Crippen molar-refractivity contribution in [2.75, 3.05) is 51.3 Å². The van der Waals surface area contributed by atoms with Crippen molar-refractivity contribution in [1.29, 1.82) is 0 Å². The summed E-state index contributed by atoms with van der Waals surface area (Å²) in [5.41, 5.74) is 0.218. The zero-order valence-corrected chi connectivity index (χ0v) is 17.7. The van der Waals surface area contributed by atoms with Crippen LogP contribution in [-0.4, -0.2) is 79.9 Å². The molecule has 1 amide bonds. The van der Waals surface area contributed by atoms with Gasteiger partial charge in [0.05, 0.1) is 12.7 Å². The zero-order chi connectivity index (χ0) is 21.1. The van der Waals surface area contributed by atoms with Crippen LogP contribution < -0.4 is 9.64 Å². The van der Waals surface area contributed by atoms with Crippen LogP contribution in [0.25, 0.3) is 0 Å². The van der Waals surface area contributed by atoms with E-state index in [-0.39, 0.29) is 17.0 Å². The molecule has 1 aromatic carbocycles. The molecule has 160 valence electrons. The van der Waals surface area contributed by atoms with Crippen molar-refractivity contribution in [1.82, 2.24) is 19.2 Å². The predicted octanol–water partition coefficient (Wildman–Crippen LogP) is 1.23. The minimum absolute atomic E-state index is 0.0334. The normalized spacial score (nSPS) is 18.5. The van der Waals surface area contributed by atoms with Crippen molar-refractivity contribution >= 4 is 21.9 Å². The molecule has 30 heavy (non-hydrogen) atoms. The first-order valence-corrected chi connectivity index (χ1v) is 11.4. The number of anilines is 1. The van der Waals surface area contributed by atoms with E-state index in [2.05, 4.69) is 19.8 Å². The summed E-state index contributed by atoms with van der Waals surface area (Å²) in [6.45, 7) is 4.59. The quantitative estimate of drug-likeness (QED) is 0.604. The molecule has 1 saturated heterocycles. The molecule has 0 N–H and O–H groups in total. The summed E-state index contributed by atoms with van der Waals surface area (Å²) in [6.07, 6.45) is 4.94. The van der Waals surface area contributed by atoms with Gasteiger partial charge in [-0.2, -0.15) is 0 Å². The van der Waals surface area contributed by atoms with Crippen LogP contribution in [0.4, 0.5) is 5.95 Å². The Morgan fingerprint density at radius 2 is 1.73 bits per heavy atom. The Bertz CT molecular complexity index is 1010. The molecule has 0 spiro atoms. The minimum Gasteiger partial charge on any atom is -0.497 e. The van der Waals surface area contributed by atoms with Crippen LogP contribution in [0.2, 0.25) is 0 Å². The van der Waals surface area contributed by atoms with Crippen LogP contribution in [0, 0.1) is 0 Å². The number of nitrogens with zero attached hydrogens (tertiary/aromatic N) is 5. The number of benzene rings is 1. The fourth-order valence-electron chi connectivity index (χ4n) is 3.82. The van der Waals surface area contributed by atoms with Gasteiger partial charge < -0.3 is 9.64 Å². The zero-order valence-electron chi connectivity index (χ0n) is 16.9. The van der Waals surface area contributed by atoms with E-state index < -0.39 is 15.9 Å². The van der Waals surface area contributed by atoms with E-state index in [1.165, 1.54) is 19.2 Å². The predicted molar refractivity (Wildman–Crippen MR) is 111 cm³/mol. The van der Waals surface area contributed by atoms with E-state index in [1.807, 2.05) is 0 Å². The van der Waals surface area contributed by atoms with E-state index in [9.17, 15) is 13.2 Å². The molecule has 2 aliphatic rings. The van der Waals surface area contributed by atoms with E-state index in [0.717, 1.165) is 49.4 Å². The standard InChI is InChI=1S/C20H25N5O4S/c1-29-16-5-6-17-18(15-16)30(27,28)25(19(17)26)10-3-2-9-23-11-13-24(14-12-23)20-21-7-4-8-22-20/h4-8,15H,2-3,9-14H2,1H3. The first-order valence-electron chi connectivity index (χ1n) is 10.00. The number of unbranched alkanes of at least 4 members (excludes halogenated alkanes) is 1. The maximum Gasteiger partial charge on any atom is 0.269 e. The Kier molecular flexibility index (Phi) is 5.87. The third kappa shape index (κ3) is 3.97. The van der Waals surface area contributed by atoms with Crippen LogP contribution in [0.15, 0.2) is 41.6 Å². The highest BCUT2D eigenvalue weighted by molar-refractivity contribution is 7.90. The third-order valence-corrected chi connectivity index (χ3v) is 7.33. The lowest BCUT2D eigenvalue weighted by atomic mass is 10.2. The number of aromatic nitrogens is 2. The largest absolute Gasteiger partial charge is 0.497 e. The maximum atomic E-state index is 12.8. The van der Waals surface area contributed by atoms with Crippen molar-refractivity contribution < 1.29 is 17.9 Å². The molecule has 9 nitrogen and oxygen atoms in total. The molecule has 0 bridgehead atoms. The lowest BCUT2D eigenvalue weighted by Crippen LogP contribution is -2.47. The van der Waals surface area contributed by atoms with Gasteiger partial charge in [-0.15, -0.1) is 0 Å². The van der Waals surface area contributed by atoms with Gasteiger partial charge in [0.15, 0.2) is 0 Å². The molecule has 1 aromatic heterocycles. The van der Waals surface area contributed by atoms with E-state index in [4.69, 9.17) is 4.74 Å². The molecule has 2 aromatic rings. The van der Waals surface area contributed by atoms with Gasteiger partial charge in [-0.1, -0.05) is 0 Å². The van der Waals surface area contributed by atoms with Gasteiger partial charge in [0.1, 0.15) is 10.6 Å². The lowest BCUT2D eigenvalue weighted by molar-refractivity contribution is 0.0868. The average Bonchev–Trinajstić information content (AvgIpc) is 2.97. The van der Waals surface area contributed by atoms with Crippen LogP contribution in [0.1, 0.15) is 23.2 Å². The van der Waals surface area contributed by atoms with E-state index in [0.29, 0.717) is 12.2 Å². The van der Waals surface area contributed by atoms with Crippen LogP contribution >= 0.6 is 0 Å². The highest BCUT2D eigenvalue weighted by Crippen LogP contribution is 2.33. The van der Waals surface area contributed by atoms with Crippen molar-refractivity contribution in [3.8, 4) is 5.75 Å². The number of ether oxygens (including phenoxy) is 1. The van der Waals surface area contributed by atoms with Crippen molar-refractivity contribution in [3.63, 3.8) is 0 Å². The molecule has 10 heteroatoms. The second-order valence-electron chi connectivity index (χ2n) is 7.33. The average molecular weight is 432 g/mol. The first kappa shape index (κ1) is 20.5. The molecule has 0 radical (unpaired) electrons. The Labute approximate surface area is 176 Å². The molecular formula is C20H25N5O4S. The molecule has 0 unspecified atom stereocenters. The maximum absolute atomic E-state index is 12.8. The van der Waals surface area contributed by atoms with Crippen molar-refractivity contribution in [3.05, 3.63) is 42.2 Å². The number of sulfonamides is 1. The second-order valence-corrected chi connectivity index (χ2v) is 9.16. The Morgan fingerprint density at radius 3 is 2.43 bits per heavy atom. The van der Waals surface area contributed by atoms with E-state index in [1.54, 1.807) is 24.5 Å². The van der Waals surface area contributed by atoms with Gasteiger partial charge in [-0.05, 0) is 37.6 Å². The van der Waals surface area contributed by atoms with Crippen molar-refractivity contribution in [2.45, 2.75) is 17.7 Å².